The molecule has 1 aromatic heterocycles. The Hall–Kier alpha value is -2.12. The highest BCUT2D eigenvalue weighted by Crippen LogP contribution is 2.07. The molecular weight excluding hydrogens is 250 g/mol. The van der Waals surface area contributed by atoms with Gasteiger partial charge in [0.1, 0.15) is 11.0 Å². The number of rotatable bonds is 2. The van der Waals surface area contributed by atoms with Crippen molar-refractivity contribution in [2.24, 2.45) is 0 Å². The second-order valence-electron chi connectivity index (χ2n) is 3.86. The Kier molecular flexibility index (Phi) is 3.45. The fourth-order valence-corrected chi connectivity index (χ4v) is 1.86. The van der Waals surface area contributed by atoms with Crippen LogP contribution < -0.4 is 5.56 Å². The summed E-state index contributed by atoms with van der Waals surface area (Å²) in [4.78, 5) is 15.8. The number of nitrogens with zero attached hydrogens (tertiary/aromatic N) is 3. The van der Waals surface area contributed by atoms with E-state index in [4.69, 9.17) is 16.9 Å². The van der Waals surface area contributed by atoms with Crippen LogP contribution in [-0.2, 0) is 6.54 Å². The molecule has 2 aromatic rings. The Balaban J connectivity index is 2.34. The van der Waals surface area contributed by atoms with E-state index in [1.165, 1.54) is 10.6 Å². The second kappa shape index (κ2) is 5.03. The van der Waals surface area contributed by atoms with Crippen LogP contribution >= 0.6 is 11.6 Å². The third kappa shape index (κ3) is 2.58. The molecule has 0 bridgehead atoms. The van der Waals surface area contributed by atoms with Gasteiger partial charge in [0.05, 0.1) is 18.2 Å². The van der Waals surface area contributed by atoms with E-state index in [2.05, 4.69) is 4.98 Å². The van der Waals surface area contributed by atoms with Crippen LogP contribution in [-0.4, -0.2) is 9.55 Å². The Morgan fingerprint density at radius 1 is 1.39 bits per heavy atom. The molecule has 0 aliphatic rings. The van der Waals surface area contributed by atoms with Gasteiger partial charge in [0.2, 0.25) is 0 Å². The fourth-order valence-electron chi connectivity index (χ4n) is 1.65. The topological polar surface area (TPSA) is 58.7 Å². The van der Waals surface area contributed by atoms with E-state index < -0.39 is 0 Å². The first-order valence-electron chi connectivity index (χ1n) is 5.33. The smallest absolute Gasteiger partial charge is 0.255 e. The van der Waals surface area contributed by atoms with E-state index in [1.807, 2.05) is 18.2 Å². The first-order chi connectivity index (χ1) is 8.60. The maximum atomic E-state index is 11.8. The van der Waals surface area contributed by atoms with Crippen LogP contribution in [0.4, 0.5) is 0 Å². The largest absolute Gasteiger partial charge is 0.292 e. The lowest BCUT2D eigenvalue weighted by molar-refractivity contribution is 0.700. The highest BCUT2D eigenvalue weighted by Gasteiger charge is 2.04. The number of hydrogen-bond acceptors (Lipinski definition) is 3. The average molecular weight is 260 g/mol. The van der Waals surface area contributed by atoms with Gasteiger partial charge >= 0.3 is 0 Å². The van der Waals surface area contributed by atoms with Crippen molar-refractivity contribution in [2.75, 3.05) is 0 Å². The summed E-state index contributed by atoms with van der Waals surface area (Å²) in [6.07, 6.45) is 0. The molecule has 90 valence electrons. The summed E-state index contributed by atoms with van der Waals surface area (Å²) in [5.41, 5.74) is 1.34. The van der Waals surface area contributed by atoms with Gasteiger partial charge in [-0.05, 0) is 24.6 Å². The summed E-state index contributed by atoms with van der Waals surface area (Å²) in [5.74, 6) is 0.567. The third-order valence-corrected chi connectivity index (χ3v) is 2.79. The van der Waals surface area contributed by atoms with E-state index in [0.29, 0.717) is 17.9 Å². The lowest BCUT2D eigenvalue weighted by Gasteiger charge is -2.09. The average Bonchev–Trinajstić information content (AvgIpc) is 2.34. The number of benzene rings is 1. The maximum Gasteiger partial charge on any atom is 0.255 e. The van der Waals surface area contributed by atoms with Crippen LogP contribution in [0.3, 0.4) is 0 Å². The van der Waals surface area contributed by atoms with Crippen molar-refractivity contribution in [2.45, 2.75) is 13.5 Å². The van der Waals surface area contributed by atoms with Crippen LogP contribution in [0.1, 0.15) is 17.0 Å². The summed E-state index contributed by atoms with van der Waals surface area (Å²) in [6, 6.07) is 10.4. The van der Waals surface area contributed by atoms with E-state index in [9.17, 15) is 4.79 Å². The molecule has 4 nitrogen and oxygen atoms in total. The number of nitriles is 1. The van der Waals surface area contributed by atoms with E-state index in [-0.39, 0.29) is 10.7 Å². The molecule has 0 saturated carbocycles. The number of aromatic nitrogens is 2. The molecule has 0 aliphatic heterocycles. The first kappa shape index (κ1) is 12.3. The zero-order chi connectivity index (χ0) is 13.1. The quantitative estimate of drug-likeness (QED) is 0.777. The van der Waals surface area contributed by atoms with Gasteiger partial charge in [0, 0.05) is 6.07 Å². The Labute approximate surface area is 109 Å². The molecule has 1 aromatic carbocycles. The van der Waals surface area contributed by atoms with Crippen molar-refractivity contribution >= 4 is 11.6 Å². The van der Waals surface area contributed by atoms with Crippen LogP contribution in [0, 0.1) is 18.3 Å². The molecule has 1 heterocycles. The van der Waals surface area contributed by atoms with Gasteiger partial charge < -0.3 is 0 Å². The molecule has 0 spiro atoms. The molecule has 0 fully saturated rings. The van der Waals surface area contributed by atoms with Crippen molar-refractivity contribution in [3.05, 3.63) is 62.8 Å². The van der Waals surface area contributed by atoms with Gasteiger partial charge in [-0.3, -0.25) is 9.36 Å². The lowest BCUT2D eigenvalue weighted by Crippen LogP contribution is -2.23. The summed E-state index contributed by atoms with van der Waals surface area (Å²) in [6.45, 7) is 2.15. The predicted molar refractivity (Wildman–Crippen MR) is 68.5 cm³/mol. The maximum absolute atomic E-state index is 11.8. The molecule has 18 heavy (non-hydrogen) atoms. The highest BCUT2D eigenvalue weighted by molar-refractivity contribution is 6.29. The van der Waals surface area contributed by atoms with Gasteiger partial charge in [-0.1, -0.05) is 23.7 Å². The fraction of sp³-hybridized carbons (Fsp3) is 0.154. The molecule has 5 heteroatoms. The van der Waals surface area contributed by atoms with E-state index in [0.717, 1.165) is 5.56 Å². The van der Waals surface area contributed by atoms with Gasteiger partial charge in [-0.25, -0.2) is 4.98 Å². The molecule has 0 aliphatic carbocycles. The zero-order valence-electron chi connectivity index (χ0n) is 9.72. The summed E-state index contributed by atoms with van der Waals surface area (Å²) < 4.78 is 1.53. The summed E-state index contributed by atoms with van der Waals surface area (Å²) in [7, 11) is 0. The first-order valence-corrected chi connectivity index (χ1v) is 5.71. The van der Waals surface area contributed by atoms with Gasteiger partial charge in [-0.15, -0.1) is 0 Å². The predicted octanol–water partition coefficient (Wildman–Crippen LogP) is 2.13. The summed E-state index contributed by atoms with van der Waals surface area (Å²) in [5, 5.41) is 8.91. The van der Waals surface area contributed by atoms with Crippen molar-refractivity contribution in [3.8, 4) is 6.07 Å². The number of hydrogen-bond donors (Lipinski definition) is 0. The highest BCUT2D eigenvalue weighted by atomic mass is 35.5. The Morgan fingerprint density at radius 2 is 2.06 bits per heavy atom. The molecule has 0 N–H and O–H groups in total. The molecule has 0 radical (unpaired) electrons. The molecular formula is C13H10ClN3O. The normalized spacial score (nSPS) is 10.1. The van der Waals surface area contributed by atoms with Crippen molar-refractivity contribution in [1.29, 1.82) is 5.26 Å². The second-order valence-corrected chi connectivity index (χ2v) is 4.25. The zero-order valence-corrected chi connectivity index (χ0v) is 10.5. The molecule has 0 saturated heterocycles. The van der Waals surface area contributed by atoms with E-state index >= 15 is 0 Å². The minimum absolute atomic E-state index is 0.183. The van der Waals surface area contributed by atoms with Gasteiger partial charge in [0.15, 0.2) is 0 Å². The molecule has 2 rings (SSSR count). The lowest BCUT2D eigenvalue weighted by atomic mass is 10.1. The minimum atomic E-state index is -0.183. The summed E-state index contributed by atoms with van der Waals surface area (Å²) >= 11 is 5.70. The van der Waals surface area contributed by atoms with Gasteiger partial charge in [0.25, 0.3) is 5.56 Å². The Morgan fingerprint density at radius 3 is 2.61 bits per heavy atom. The molecule has 0 unspecified atom stereocenters. The standard InChI is InChI=1S/C13H10ClN3O/c1-9-16-12(14)6-13(18)17(9)8-11-4-2-10(7-15)3-5-11/h2-6H,8H2,1H3. The van der Waals surface area contributed by atoms with Crippen molar-refractivity contribution in [1.82, 2.24) is 9.55 Å². The number of aryl methyl sites for hydroxylation is 1. The van der Waals surface area contributed by atoms with Crippen LogP contribution in [0.25, 0.3) is 0 Å². The van der Waals surface area contributed by atoms with Crippen LogP contribution in [0.5, 0.6) is 0 Å². The minimum Gasteiger partial charge on any atom is -0.292 e. The number of halogens is 1. The SMILES string of the molecule is Cc1nc(Cl)cc(=O)n1Cc1ccc(C#N)cc1. The third-order valence-electron chi connectivity index (χ3n) is 2.59. The van der Waals surface area contributed by atoms with Crippen LogP contribution in [0.15, 0.2) is 35.1 Å². The van der Waals surface area contributed by atoms with Gasteiger partial charge in [-0.2, -0.15) is 5.26 Å². The molecule has 0 amide bonds. The van der Waals surface area contributed by atoms with Crippen molar-refractivity contribution in [3.63, 3.8) is 0 Å². The van der Waals surface area contributed by atoms with Crippen LogP contribution in [0.2, 0.25) is 5.15 Å². The Bertz CT molecular complexity index is 668. The van der Waals surface area contributed by atoms with Crippen molar-refractivity contribution < 1.29 is 0 Å². The van der Waals surface area contributed by atoms with E-state index in [1.54, 1.807) is 19.1 Å². The monoisotopic (exact) mass is 259 g/mol. The molecule has 0 atom stereocenters.